The molecule has 3 N–H and O–H groups in total. The highest BCUT2D eigenvalue weighted by molar-refractivity contribution is 7.99. The highest BCUT2D eigenvalue weighted by atomic mass is 32.2. The number of benzene rings is 1. The second kappa shape index (κ2) is 7.67. The van der Waals surface area contributed by atoms with Gasteiger partial charge in [0.2, 0.25) is 10.0 Å². The van der Waals surface area contributed by atoms with E-state index in [4.69, 9.17) is 5.73 Å². The molecule has 1 aromatic carbocycles. The predicted molar refractivity (Wildman–Crippen MR) is 85.0 cm³/mol. The number of thioether (sulfide) groups is 1. The summed E-state index contributed by atoms with van der Waals surface area (Å²) in [7, 11) is -2.62. The van der Waals surface area contributed by atoms with Gasteiger partial charge < -0.3 is 10.5 Å². The van der Waals surface area contributed by atoms with Gasteiger partial charge in [0.15, 0.2) is 0 Å². The molecule has 0 spiro atoms. The van der Waals surface area contributed by atoms with Crippen LogP contribution in [-0.2, 0) is 14.8 Å². The Balaban J connectivity index is 3.01. The molecule has 8 heteroatoms. The molecule has 0 aliphatic carbocycles. The zero-order valence-corrected chi connectivity index (χ0v) is 13.9. The largest absolute Gasteiger partial charge is 0.465 e. The number of methoxy groups -OCH3 is 1. The summed E-state index contributed by atoms with van der Waals surface area (Å²) in [5, 5.41) is 0.341. The first-order chi connectivity index (χ1) is 9.81. The number of carbonyl (C=O) groups excluding carboxylic acids is 1. The van der Waals surface area contributed by atoms with Crippen LogP contribution in [-0.4, -0.2) is 39.5 Å². The van der Waals surface area contributed by atoms with Crippen molar-refractivity contribution < 1.29 is 17.9 Å². The molecule has 0 amide bonds. The van der Waals surface area contributed by atoms with E-state index in [0.29, 0.717) is 18.2 Å². The van der Waals surface area contributed by atoms with Crippen LogP contribution >= 0.6 is 11.8 Å². The van der Waals surface area contributed by atoms with Gasteiger partial charge in [0.1, 0.15) is 0 Å². The Hall–Kier alpha value is -1.25. The summed E-state index contributed by atoms with van der Waals surface area (Å²) >= 11 is 1.66. The Bertz CT molecular complexity index is 602. The van der Waals surface area contributed by atoms with E-state index in [0.717, 1.165) is 0 Å². The molecule has 0 saturated carbocycles. The molecular weight excluding hydrogens is 312 g/mol. The summed E-state index contributed by atoms with van der Waals surface area (Å²) < 4.78 is 31.7. The van der Waals surface area contributed by atoms with Crippen LogP contribution in [0.5, 0.6) is 0 Å². The molecule has 0 aromatic heterocycles. The molecule has 0 saturated heterocycles. The van der Waals surface area contributed by atoms with Crippen molar-refractivity contribution in [2.75, 3.05) is 25.6 Å². The van der Waals surface area contributed by atoms with Gasteiger partial charge in [0.05, 0.1) is 17.6 Å². The zero-order chi connectivity index (χ0) is 16.0. The van der Waals surface area contributed by atoms with E-state index < -0.39 is 16.0 Å². The number of ether oxygens (including phenoxy) is 1. The quantitative estimate of drug-likeness (QED) is 0.579. The van der Waals surface area contributed by atoms with Gasteiger partial charge in [-0.3, -0.25) is 0 Å². The topological polar surface area (TPSA) is 98.5 Å². The average Bonchev–Trinajstić information content (AvgIpc) is 2.45. The van der Waals surface area contributed by atoms with Crippen LogP contribution in [0.1, 0.15) is 23.7 Å². The molecule has 1 rings (SSSR count). The number of carbonyl (C=O) groups is 1. The van der Waals surface area contributed by atoms with Crippen LogP contribution in [0.4, 0.5) is 5.69 Å². The van der Waals surface area contributed by atoms with Crippen molar-refractivity contribution in [1.82, 2.24) is 4.72 Å². The van der Waals surface area contributed by atoms with Crippen molar-refractivity contribution in [3.63, 3.8) is 0 Å². The molecular formula is C13H20N2O4S2. The van der Waals surface area contributed by atoms with E-state index in [1.807, 2.05) is 13.2 Å². The second-order valence-corrected chi connectivity index (χ2v) is 7.49. The maximum absolute atomic E-state index is 12.3. The highest BCUT2D eigenvalue weighted by Gasteiger charge is 2.23. The van der Waals surface area contributed by atoms with Gasteiger partial charge in [0, 0.05) is 17.5 Å². The number of nitrogens with one attached hydrogen (secondary N) is 1. The van der Waals surface area contributed by atoms with E-state index in [1.165, 1.54) is 25.3 Å². The molecule has 0 aliphatic heterocycles. The molecule has 0 radical (unpaired) electrons. The summed E-state index contributed by atoms with van der Waals surface area (Å²) in [6.45, 7) is 2.30. The van der Waals surface area contributed by atoms with Crippen LogP contribution in [0.2, 0.25) is 0 Å². The predicted octanol–water partition coefficient (Wildman–Crippen LogP) is 1.48. The van der Waals surface area contributed by atoms with Crippen LogP contribution in [0.3, 0.4) is 0 Å². The van der Waals surface area contributed by atoms with E-state index >= 15 is 0 Å². The molecule has 21 heavy (non-hydrogen) atoms. The molecule has 1 aromatic rings. The monoisotopic (exact) mass is 332 g/mol. The first-order valence-corrected chi connectivity index (χ1v) is 9.09. The lowest BCUT2D eigenvalue weighted by Gasteiger charge is -2.12. The fourth-order valence-corrected chi connectivity index (χ4v) is 3.26. The number of esters is 1. The summed E-state index contributed by atoms with van der Waals surface area (Å²) in [4.78, 5) is 11.5. The number of hydrogen-bond acceptors (Lipinski definition) is 6. The lowest BCUT2D eigenvalue weighted by molar-refractivity contribution is 0.0596. The normalized spacial score (nSPS) is 12.9. The van der Waals surface area contributed by atoms with E-state index in [2.05, 4.69) is 9.46 Å². The molecule has 1 unspecified atom stereocenters. The van der Waals surface area contributed by atoms with Crippen LogP contribution in [0, 0.1) is 0 Å². The third-order valence-electron chi connectivity index (χ3n) is 2.95. The Morgan fingerprint density at radius 3 is 2.71 bits per heavy atom. The van der Waals surface area contributed by atoms with E-state index in [9.17, 15) is 13.2 Å². The average molecular weight is 332 g/mol. The van der Waals surface area contributed by atoms with E-state index in [-0.39, 0.29) is 16.1 Å². The fraction of sp³-hybridized carbons (Fsp3) is 0.462. The number of anilines is 1. The van der Waals surface area contributed by atoms with Gasteiger partial charge >= 0.3 is 5.97 Å². The summed E-state index contributed by atoms with van der Waals surface area (Å²) in [5.74, 6) is -0.715. The number of rotatable bonds is 7. The van der Waals surface area contributed by atoms with Crippen LogP contribution in [0.15, 0.2) is 23.1 Å². The minimum atomic E-state index is -3.81. The Morgan fingerprint density at radius 2 is 2.14 bits per heavy atom. The Kier molecular flexibility index (Phi) is 6.50. The van der Waals surface area contributed by atoms with Crippen molar-refractivity contribution in [3.8, 4) is 0 Å². The Morgan fingerprint density at radius 1 is 1.48 bits per heavy atom. The first-order valence-electron chi connectivity index (χ1n) is 6.32. The fourth-order valence-electron chi connectivity index (χ4n) is 1.63. The lowest BCUT2D eigenvalue weighted by atomic mass is 10.2. The van der Waals surface area contributed by atoms with Gasteiger partial charge in [-0.05, 0) is 30.9 Å². The maximum atomic E-state index is 12.3. The third-order valence-corrected chi connectivity index (χ3v) is 5.49. The number of sulfonamides is 1. The molecule has 0 aliphatic rings. The minimum absolute atomic E-state index is 0.0304. The third kappa shape index (κ3) is 4.90. The summed E-state index contributed by atoms with van der Waals surface area (Å²) in [5.41, 5.74) is 5.85. The second-order valence-electron chi connectivity index (χ2n) is 4.48. The number of hydrogen-bond donors (Lipinski definition) is 2. The van der Waals surface area contributed by atoms with Crippen molar-refractivity contribution in [2.24, 2.45) is 0 Å². The lowest BCUT2D eigenvalue weighted by Crippen LogP contribution is -2.28. The van der Waals surface area contributed by atoms with Gasteiger partial charge in [-0.2, -0.15) is 11.8 Å². The van der Waals surface area contributed by atoms with Gasteiger partial charge in [-0.25, -0.2) is 17.9 Å². The van der Waals surface area contributed by atoms with Gasteiger partial charge in [0.25, 0.3) is 0 Å². The SMILES string of the molecule is COC(=O)c1ccc(N)cc1S(=O)(=O)NCCC(C)SC. The van der Waals surface area contributed by atoms with Crippen molar-refractivity contribution in [1.29, 1.82) is 0 Å². The Labute approximate surface area is 129 Å². The summed E-state index contributed by atoms with van der Waals surface area (Å²) in [6, 6.07) is 4.06. The molecule has 0 fully saturated rings. The number of nitrogen functional groups attached to an aromatic ring is 1. The number of nitrogens with two attached hydrogens (primary N) is 1. The highest BCUT2D eigenvalue weighted by Crippen LogP contribution is 2.20. The molecule has 0 bridgehead atoms. The van der Waals surface area contributed by atoms with Crippen molar-refractivity contribution >= 4 is 33.4 Å². The molecule has 0 heterocycles. The standard InChI is InChI=1S/C13H20N2O4S2/c1-9(20-3)6-7-15-21(17,18)12-8-10(14)4-5-11(12)13(16)19-2/h4-5,8-9,15H,6-7,14H2,1-3H3. The first kappa shape index (κ1) is 17.8. The van der Waals surface area contributed by atoms with Crippen LogP contribution < -0.4 is 10.5 Å². The van der Waals surface area contributed by atoms with Crippen LogP contribution in [0.25, 0.3) is 0 Å². The van der Waals surface area contributed by atoms with Gasteiger partial charge in [-0.1, -0.05) is 6.92 Å². The molecule has 118 valence electrons. The molecule has 1 atom stereocenters. The minimum Gasteiger partial charge on any atom is -0.465 e. The van der Waals surface area contributed by atoms with Gasteiger partial charge in [-0.15, -0.1) is 0 Å². The summed E-state index contributed by atoms with van der Waals surface area (Å²) in [6.07, 6.45) is 2.66. The van der Waals surface area contributed by atoms with Crippen molar-refractivity contribution in [2.45, 2.75) is 23.5 Å². The van der Waals surface area contributed by atoms with E-state index in [1.54, 1.807) is 11.8 Å². The zero-order valence-electron chi connectivity index (χ0n) is 12.3. The molecule has 6 nitrogen and oxygen atoms in total. The smallest absolute Gasteiger partial charge is 0.339 e. The van der Waals surface area contributed by atoms with Crippen molar-refractivity contribution in [3.05, 3.63) is 23.8 Å². The maximum Gasteiger partial charge on any atom is 0.339 e.